The van der Waals surface area contributed by atoms with Crippen LogP contribution in [0.1, 0.15) is 56.1 Å². The lowest BCUT2D eigenvalue weighted by molar-refractivity contribution is 0.112. The fraction of sp³-hybridized carbons (Fsp3) is 0.533. The lowest BCUT2D eigenvalue weighted by Gasteiger charge is -2.28. The highest BCUT2D eigenvalue weighted by Gasteiger charge is 2.28. The summed E-state index contributed by atoms with van der Waals surface area (Å²) in [7, 11) is 0. The van der Waals surface area contributed by atoms with E-state index < -0.39 is 5.41 Å². The highest BCUT2D eigenvalue weighted by Crippen LogP contribution is 2.39. The average Bonchev–Trinajstić information content (AvgIpc) is 2.27. The topological polar surface area (TPSA) is 57.5 Å². The highest BCUT2D eigenvalue weighted by molar-refractivity contribution is 5.77. The van der Waals surface area contributed by atoms with Crippen molar-refractivity contribution in [1.82, 2.24) is 0 Å². The molecule has 2 N–H and O–H groups in total. The number of phenolic OH excluding ortho intramolecular Hbond substituents is 1. The molecule has 3 nitrogen and oxygen atoms in total. The van der Waals surface area contributed by atoms with Gasteiger partial charge in [-0.3, -0.25) is 4.79 Å². The van der Waals surface area contributed by atoms with Crippen molar-refractivity contribution in [2.24, 2.45) is 0 Å². The molecule has 0 heterocycles. The summed E-state index contributed by atoms with van der Waals surface area (Å²) in [5.41, 5.74) is 1.02. The zero-order chi connectivity index (χ0) is 14.1. The molecule has 0 saturated carbocycles. The molecule has 0 amide bonds. The number of phenols is 1. The van der Waals surface area contributed by atoms with Crippen LogP contribution in [0.15, 0.2) is 12.1 Å². The van der Waals surface area contributed by atoms with Crippen LogP contribution < -0.4 is 0 Å². The summed E-state index contributed by atoms with van der Waals surface area (Å²) in [6.45, 7) is 9.52. The maximum absolute atomic E-state index is 11.0. The van der Waals surface area contributed by atoms with Crippen molar-refractivity contribution < 1.29 is 15.0 Å². The van der Waals surface area contributed by atoms with Gasteiger partial charge in [-0.1, -0.05) is 34.6 Å². The van der Waals surface area contributed by atoms with Crippen LogP contribution in [0.25, 0.3) is 0 Å². The molecule has 1 aromatic rings. The van der Waals surface area contributed by atoms with E-state index in [2.05, 4.69) is 0 Å². The van der Waals surface area contributed by atoms with Gasteiger partial charge in [0, 0.05) is 22.1 Å². The maximum Gasteiger partial charge on any atom is 0.150 e. The first-order valence-electron chi connectivity index (χ1n) is 6.07. The second-order valence-electron chi connectivity index (χ2n) is 6.37. The summed E-state index contributed by atoms with van der Waals surface area (Å²) in [5, 5.41) is 19.8. The Morgan fingerprint density at radius 2 is 1.61 bits per heavy atom. The molecule has 1 rings (SSSR count). The molecule has 3 heteroatoms. The van der Waals surface area contributed by atoms with E-state index in [4.69, 9.17) is 0 Å². The van der Waals surface area contributed by atoms with E-state index in [1.165, 1.54) is 0 Å². The summed E-state index contributed by atoms with van der Waals surface area (Å²) in [4.78, 5) is 11.0. The Hall–Kier alpha value is -1.35. The molecular weight excluding hydrogens is 228 g/mol. The zero-order valence-corrected chi connectivity index (χ0v) is 11.7. The van der Waals surface area contributed by atoms with Crippen LogP contribution in [0.4, 0.5) is 0 Å². The number of hydrogen-bond donors (Lipinski definition) is 2. The predicted octanol–water partition coefficient (Wildman–Crippen LogP) is 2.77. The third kappa shape index (κ3) is 2.72. The van der Waals surface area contributed by atoms with Crippen molar-refractivity contribution in [2.45, 2.75) is 45.4 Å². The fourth-order valence-corrected chi connectivity index (χ4v) is 1.90. The lowest BCUT2D eigenvalue weighted by Crippen LogP contribution is -2.24. The van der Waals surface area contributed by atoms with Gasteiger partial charge in [-0.2, -0.15) is 0 Å². The molecule has 0 aromatic heterocycles. The number of aliphatic hydroxyl groups is 1. The number of hydrogen-bond acceptors (Lipinski definition) is 3. The van der Waals surface area contributed by atoms with Crippen LogP contribution in [0.2, 0.25) is 0 Å². The summed E-state index contributed by atoms with van der Waals surface area (Å²) in [6.07, 6.45) is 0.769. The lowest BCUT2D eigenvalue weighted by atomic mass is 9.78. The Bertz CT molecular complexity index is 454. The SMILES string of the molecule is CC(C)(C)c1cc(C=O)cc(C(C)(C)CO)c1O. The van der Waals surface area contributed by atoms with Crippen LogP contribution in [0, 0.1) is 0 Å². The number of rotatable bonds is 3. The van der Waals surface area contributed by atoms with E-state index in [1.807, 2.05) is 34.6 Å². The Labute approximate surface area is 108 Å². The average molecular weight is 250 g/mol. The minimum absolute atomic E-state index is 0.0908. The van der Waals surface area contributed by atoms with Gasteiger partial charge in [0.15, 0.2) is 0 Å². The number of benzene rings is 1. The van der Waals surface area contributed by atoms with E-state index in [-0.39, 0.29) is 17.8 Å². The molecule has 0 aliphatic heterocycles. The standard InChI is InChI=1S/C15H22O3/c1-14(2,3)11-6-10(8-16)7-12(13(11)18)15(4,5)9-17/h6-8,17-18H,9H2,1-5H3. The van der Waals surface area contributed by atoms with Gasteiger partial charge >= 0.3 is 0 Å². The molecule has 0 fully saturated rings. The largest absolute Gasteiger partial charge is 0.507 e. The molecule has 0 atom stereocenters. The minimum atomic E-state index is -0.580. The Morgan fingerprint density at radius 3 is 2.00 bits per heavy atom. The molecule has 0 saturated heterocycles. The van der Waals surface area contributed by atoms with Gasteiger partial charge in [-0.05, 0) is 17.5 Å². The third-order valence-electron chi connectivity index (χ3n) is 3.20. The number of carbonyl (C=O) groups excluding carboxylic acids is 1. The Kier molecular flexibility index (Phi) is 3.86. The van der Waals surface area contributed by atoms with Crippen molar-refractivity contribution in [3.8, 4) is 5.75 Å². The predicted molar refractivity (Wildman–Crippen MR) is 72.3 cm³/mol. The first kappa shape index (κ1) is 14.7. The molecule has 18 heavy (non-hydrogen) atoms. The van der Waals surface area contributed by atoms with Crippen LogP contribution in [-0.4, -0.2) is 23.1 Å². The normalized spacial score (nSPS) is 12.6. The molecule has 100 valence electrons. The number of aliphatic hydroxyl groups excluding tert-OH is 1. The number of aromatic hydroxyl groups is 1. The van der Waals surface area contributed by atoms with Gasteiger partial charge in [-0.15, -0.1) is 0 Å². The first-order chi connectivity index (χ1) is 8.13. The Balaban J connectivity index is 3.59. The van der Waals surface area contributed by atoms with Gasteiger partial charge < -0.3 is 10.2 Å². The third-order valence-corrected chi connectivity index (χ3v) is 3.20. The van der Waals surface area contributed by atoms with Crippen molar-refractivity contribution >= 4 is 6.29 Å². The molecule has 1 aromatic carbocycles. The second-order valence-corrected chi connectivity index (χ2v) is 6.37. The van der Waals surface area contributed by atoms with Gasteiger partial charge in [0.2, 0.25) is 0 Å². The molecule has 0 unspecified atom stereocenters. The summed E-state index contributed by atoms with van der Waals surface area (Å²) in [6, 6.07) is 3.35. The maximum atomic E-state index is 11.0. The molecule has 0 aliphatic rings. The van der Waals surface area contributed by atoms with Gasteiger partial charge in [0.05, 0.1) is 6.61 Å². The summed E-state index contributed by atoms with van der Waals surface area (Å²) < 4.78 is 0. The molecule has 0 spiro atoms. The molecule has 0 aliphatic carbocycles. The van der Waals surface area contributed by atoms with Crippen molar-refractivity contribution in [1.29, 1.82) is 0 Å². The van der Waals surface area contributed by atoms with E-state index in [9.17, 15) is 15.0 Å². The first-order valence-corrected chi connectivity index (χ1v) is 6.07. The van der Waals surface area contributed by atoms with E-state index >= 15 is 0 Å². The van der Waals surface area contributed by atoms with Crippen molar-refractivity contribution in [3.63, 3.8) is 0 Å². The Morgan fingerprint density at radius 1 is 1.11 bits per heavy atom. The van der Waals surface area contributed by atoms with E-state index in [0.717, 1.165) is 11.8 Å². The van der Waals surface area contributed by atoms with Gasteiger partial charge in [0.25, 0.3) is 0 Å². The molecule has 0 bridgehead atoms. The minimum Gasteiger partial charge on any atom is -0.507 e. The summed E-state index contributed by atoms with van der Waals surface area (Å²) >= 11 is 0. The van der Waals surface area contributed by atoms with E-state index in [0.29, 0.717) is 11.1 Å². The van der Waals surface area contributed by atoms with Crippen LogP contribution in [-0.2, 0) is 10.8 Å². The van der Waals surface area contributed by atoms with E-state index in [1.54, 1.807) is 12.1 Å². The van der Waals surface area contributed by atoms with Gasteiger partial charge in [0.1, 0.15) is 12.0 Å². The van der Waals surface area contributed by atoms with Crippen LogP contribution >= 0.6 is 0 Å². The van der Waals surface area contributed by atoms with Crippen molar-refractivity contribution in [2.75, 3.05) is 6.61 Å². The quantitative estimate of drug-likeness (QED) is 0.811. The highest BCUT2D eigenvalue weighted by atomic mass is 16.3. The van der Waals surface area contributed by atoms with Crippen LogP contribution in [0.3, 0.4) is 0 Å². The summed E-state index contributed by atoms with van der Waals surface area (Å²) in [5.74, 6) is 0.173. The fourth-order valence-electron chi connectivity index (χ4n) is 1.90. The van der Waals surface area contributed by atoms with Gasteiger partial charge in [-0.25, -0.2) is 0 Å². The monoisotopic (exact) mass is 250 g/mol. The number of carbonyl (C=O) groups is 1. The second kappa shape index (κ2) is 4.73. The molecular formula is C15H22O3. The van der Waals surface area contributed by atoms with Crippen molar-refractivity contribution in [3.05, 3.63) is 28.8 Å². The molecule has 0 radical (unpaired) electrons. The zero-order valence-electron chi connectivity index (χ0n) is 11.7. The smallest absolute Gasteiger partial charge is 0.150 e. The van der Waals surface area contributed by atoms with Crippen LogP contribution in [0.5, 0.6) is 5.75 Å². The number of aldehydes is 1.